The molecule has 1 heterocycles. The maximum Gasteiger partial charge on any atom is 0.113 e. The minimum Gasteiger partial charge on any atom is -0.242 e. The van der Waals surface area contributed by atoms with Crippen LogP contribution in [0, 0.1) is 0 Å². The van der Waals surface area contributed by atoms with Crippen LogP contribution < -0.4 is 0 Å². The summed E-state index contributed by atoms with van der Waals surface area (Å²) in [5.74, 6) is 0. The second-order valence-electron chi connectivity index (χ2n) is 7.32. The molecule has 0 saturated carbocycles. The van der Waals surface area contributed by atoms with E-state index in [9.17, 15) is 0 Å². The van der Waals surface area contributed by atoms with Crippen LogP contribution in [0.25, 0.3) is 11.0 Å². The second-order valence-corrected chi connectivity index (χ2v) is 12.9. The zero-order chi connectivity index (χ0) is 15.5. The SMILES string of the molecule is CCCCCCC(C)(n1nnc2ccccc21)[Si](C)(C)C. The number of fused-ring (bicyclic) bond motifs is 1. The largest absolute Gasteiger partial charge is 0.242 e. The van der Waals surface area contributed by atoms with Crippen molar-refractivity contribution in [2.24, 2.45) is 0 Å². The molecule has 3 nitrogen and oxygen atoms in total. The van der Waals surface area contributed by atoms with Crippen LogP contribution in [0.3, 0.4) is 0 Å². The Labute approximate surface area is 129 Å². The van der Waals surface area contributed by atoms with E-state index in [1.54, 1.807) is 0 Å². The molecule has 0 spiro atoms. The third kappa shape index (κ3) is 3.20. The molecule has 0 radical (unpaired) electrons. The van der Waals surface area contributed by atoms with Gasteiger partial charge in [0.25, 0.3) is 0 Å². The highest BCUT2D eigenvalue weighted by Gasteiger charge is 2.42. The van der Waals surface area contributed by atoms with E-state index in [1.807, 2.05) is 6.07 Å². The van der Waals surface area contributed by atoms with Crippen molar-refractivity contribution in [3.05, 3.63) is 24.3 Å². The molecule has 4 heteroatoms. The summed E-state index contributed by atoms with van der Waals surface area (Å²) in [4.78, 5) is 0. The molecule has 1 unspecified atom stereocenters. The van der Waals surface area contributed by atoms with Gasteiger partial charge in [0, 0.05) is 0 Å². The van der Waals surface area contributed by atoms with Gasteiger partial charge in [0.05, 0.1) is 18.8 Å². The first-order chi connectivity index (χ1) is 9.90. The molecule has 0 bridgehead atoms. The monoisotopic (exact) mass is 303 g/mol. The molecular formula is C17H29N3Si. The highest BCUT2D eigenvalue weighted by molar-refractivity contribution is 6.78. The van der Waals surface area contributed by atoms with Crippen LogP contribution >= 0.6 is 0 Å². The molecule has 2 rings (SSSR count). The molecule has 2 aromatic rings. The molecule has 0 fully saturated rings. The zero-order valence-electron chi connectivity index (χ0n) is 14.2. The van der Waals surface area contributed by atoms with Crippen molar-refractivity contribution in [2.75, 3.05) is 0 Å². The number of rotatable bonds is 7. The van der Waals surface area contributed by atoms with Gasteiger partial charge >= 0.3 is 0 Å². The Morgan fingerprint density at radius 2 is 1.81 bits per heavy atom. The van der Waals surface area contributed by atoms with Crippen molar-refractivity contribution in [3.63, 3.8) is 0 Å². The van der Waals surface area contributed by atoms with Gasteiger partial charge in [-0.25, -0.2) is 4.68 Å². The summed E-state index contributed by atoms with van der Waals surface area (Å²) in [5.41, 5.74) is 2.19. The van der Waals surface area contributed by atoms with E-state index in [0.29, 0.717) is 0 Å². The summed E-state index contributed by atoms with van der Waals surface area (Å²) in [5, 5.41) is 9.03. The van der Waals surface area contributed by atoms with Crippen LogP contribution in [0.5, 0.6) is 0 Å². The fourth-order valence-electron chi connectivity index (χ4n) is 2.93. The molecule has 0 saturated heterocycles. The van der Waals surface area contributed by atoms with E-state index in [0.717, 1.165) is 5.52 Å². The van der Waals surface area contributed by atoms with Crippen molar-refractivity contribution in [2.45, 2.75) is 70.8 Å². The molecule has 0 N–H and O–H groups in total. The summed E-state index contributed by atoms with van der Waals surface area (Å²) in [6.07, 6.45) is 6.43. The van der Waals surface area contributed by atoms with Crippen LogP contribution in [0.4, 0.5) is 0 Å². The first-order valence-corrected chi connectivity index (χ1v) is 11.7. The lowest BCUT2D eigenvalue weighted by atomic mass is 10.1. The Bertz CT molecular complexity index is 585. The fraction of sp³-hybridized carbons (Fsp3) is 0.647. The van der Waals surface area contributed by atoms with Crippen LogP contribution in [0.2, 0.25) is 19.6 Å². The van der Waals surface area contributed by atoms with Gasteiger partial charge in [0.1, 0.15) is 5.52 Å². The van der Waals surface area contributed by atoms with Gasteiger partial charge in [0.2, 0.25) is 0 Å². The Morgan fingerprint density at radius 1 is 1.10 bits per heavy atom. The van der Waals surface area contributed by atoms with Crippen LogP contribution in [-0.2, 0) is 5.16 Å². The van der Waals surface area contributed by atoms with Gasteiger partial charge in [0.15, 0.2) is 0 Å². The van der Waals surface area contributed by atoms with Gasteiger partial charge in [-0.15, -0.1) is 5.10 Å². The third-order valence-electron chi connectivity index (χ3n) is 4.95. The summed E-state index contributed by atoms with van der Waals surface area (Å²) in [6, 6.07) is 8.33. The average molecular weight is 304 g/mol. The van der Waals surface area contributed by atoms with E-state index < -0.39 is 8.07 Å². The van der Waals surface area contributed by atoms with Gasteiger partial charge in [-0.1, -0.05) is 69.6 Å². The van der Waals surface area contributed by atoms with E-state index in [1.165, 1.54) is 37.6 Å². The Hall–Kier alpha value is -1.16. The molecule has 1 aromatic carbocycles. The second kappa shape index (κ2) is 6.30. The topological polar surface area (TPSA) is 30.7 Å². The van der Waals surface area contributed by atoms with Crippen molar-refractivity contribution in [1.29, 1.82) is 0 Å². The fourth-order valence-corrected chi connectivity index (χ4v) is 4.66. The Kier molecular flexibility index (Phi) is 4.87. The zero-order valence-corrected chi connectivity index (χ0v) is 15.2. The molecule has 116 valence electrons. The smallest absolute Gasteiger partial charge is 0.113 e. The minimum absolute atomic E-state index is 0.122. The molecule has 1 aromatic heterocycles. The summed E-state index contributed by atoms with van der Waals surface area (Å²) < 4.78 is 2.22. The molecule has 0 aliphatic carbocycles. The van der Waals surface area contributed by atoms with Gasteiger partial charge in [-0.3, -0.25) is 0 Å². The maximum absolute atomic E-state index is 4.53. The maximum atomic E-state index is 4.53. The number of unbranched alkanes of at least 4 members (excludes halogenated alkanes) is 3. The number of hydrogen-bond acceptors (Lipinski definition) is 2. The molecule has 21 heavy (non-hydrogen) atoms. The van der Waals surface area contributed by atoms with E-state index in [2.05, 4.69) is 66.7 Å². The van der Waals surface area contributed by atoms with Crippen molar-refractivity contribution in [3.8, 4) is 0 Å². The first-order valence-electron chi connectivity index (χ1n) is 8.21. The lowest BCUT2D eigenvalue weighted by molar-refractivity contribution is 0.361. The predicted molar refractivity (Wildman–Crippen MR) is 93.3 cm³/mol. The lowest BCUT2D eigenvalue weighted by Crippen LogP contribution is -2.52. The van der Waals surface area contributed by atoms with Crippen LogP contribution in [0.1, 0.15) is 46.0 Å². The van der Waals surface area contributed by atoms with Crippen LogP contribution in [0.15, 0.2) is 24.3 Å². The number of nitrogens with zero attached hydrogens (tertiary/aromatic N) is 3. The van der Waals surface area contributed by atoms with E-state index in [-0.39, 0.29) is 5.16 Å². The molecule has 0 aliphatic heterocycles. The third-order valence-corrected chi connectivity index (χ3v) is 8.65. The summed E-state index contributed by atoms with van der Waals surface area (Å²) >= 11 is 0. The number of hydrogen-bond donors (Lipinski definition) is 0. The molecule has 0 amide bonds. The minimum atomic E-state index is -1.43. The highest BCUT2D eigenvalue weighted by atomic mass is 28.3. The van der Waals surface area contributed by atoms with Crippen LogP contribution in [-0.4, -0.2) is 23.1 Å². The van der Waals surface area contributed by atoms with E-state index >= 15 is 0 Å². The first kappa shape index (κ1) is 16.2. The normalized spacial score (nSPS) is 15.3. The van der Waals surface area contributed by atoms with E-state index in [4.69, 9.17) is 0 Å². The molecular weight excluding hydrogens is 274 g/mol. The number of aromatic nitrogens is 3. The Balaban J connectivity index is 2.36. The molecule has 1 atom stereocenters. The molecule has 0 aliphatic rings. The predicted octanol–water partition coefficient (Wildman–Crippen LogP) is 4.99. The van der Waals surface area contributed by atoms with Gasteiger partial charge < -0.3 is 0 Å². The van der Waals surface area contributed by atoms with Crippen molar-refractivity contribution >= 4 is 19.1 Å². The van der Waals surface area contributed by atoms with Gasteiger partial charge in [-0.05, 0) is 25.5 Å². The highest BCUT2D eigenvalue weighted by Crippen LogP contribution is 2.35. The quantitative estimate of drug-likeness (QED) is 0.532. The average Bonchev–Trinajstić information content (AvgIpc) is 2.86. The van der Waals surface area contributed by atoms with Crippen molar-refractivity contribution in [1.82, 2.24) is 15.0 Å². The number of para-hydroxylation sites is 1. The summed E-state index contributed by atoms with van der Waals surface area (Å²) in [7, 11) is -1.43. The lowest BCUT2D eigenvalue weighted by Gasteiger charge is -2.41. The standard InChI is InChI=1S/C17H29N3Si/c1-6-7-8-11-14-17(2,21(3,4)5)20-16-13-10-9-12-15(16)18-19-20/h9-10,12-13H,6-8,11,14H2,1-5H3. The number of benzene rings is 1. The Morgan fingerprint density at radius 3 is 2.48 bits per heavy atom. The van der Waals surface area contributed by atoms with Gasteiger partial charge in [-0.2, -0.15) is 0 Å². The van der Waals surface area contributed by atoms with Crippen molar-refractivity contribution < 1.29 is 0 Å². The summed E-state index contributed by atoms with van der Waals surface area (Å²) in [6.45, 7) is 12.0.